The van der Waals surface area contributed by atoms with Crippen LogP contribution in [0.1, 0.15) is 29.9 Å². The fraction of sp³-hybridized carbons (Fsp3) is 0.304. The molecule has 0 radical (unpaired) electrons. The van der Waals surface area contributed by atoms with Crippen molar-refractivity contribution in [3.05, 3.63) is 65.6 Å². The second kappa shape index (κ2) is 7.89. The Morgan fingerprint density at radius 2 is 1.83 bits per heavy atom. The molecule has 1 aromatic heterocycles. The third kappa shape index (κ3) is 4.28. The highest BCUT2D eigenvalue weighted by Gasteiger charge is 2.22. The number of fused-ring (bicyclic) bond motifs is 1. The van der Waals surface area contributed by atoms with E-state index in [-0.39, 0.29) is 23.7 Å². The van der Waals surface area contributed by atoms with Crippen LogP contribution in [0.25, 0.3) is 22.0 Å². The quantitative estimate of drug-likeness (QED) is 0.733. The van der Waals surface area contributed by atoms with Crippen LogP contribution in [0.5, 0.6) is 0 Å². The van der Waals surface area contributed by atoms with Crippen molar-refractivity contribution in [2.45, 2.75) is 32.6 Å². The molecule has 3 aromatic rings. The molecule has 1 aliphatic heterocycles. The molecule has 5 nitrogen and oxygen atoms in total. The molecule has 2 N–H and O–H groups in total. The van der Waals surface area contributed by atoms with Gasteiger partial charge in [0.2, 0.25) is 0 Å². The van der Waals surface area contributed by atoms with Gasteiger partial charge in [-0.1, -0.05) is 24.3 Å². The largest absolute Gasteiger partial charge is 0.373 e. The molecule has 1 aliphatic rings. The number of rotatable bonds is 4. The second-order valence-corrected chi connectivity index (χ2v) is 7.73. The number of nitrogens with two attached hydrogens (primary N) is 1. The number of morpholine rings is 1. The Balaban J connectivity index is 1.74. The van der Waals surface area contributed by atoms with Crippen molar-refractivity contribution in [1.82, 2.24) is 9.88 Å². The number of halogens is 1. The van der Waals surface area contributed by atoms with Crippen molar-refractivity contribution >= 4 is 16.8 Å². The molecule has 1 saturated heterocycles. The van der Waals surface area contributed by atoms with Crippen LogP contribution in [-0.4, -0.2) is 41.1 Å². The maximum absolute atomic E-state index is 13.4. The van der Waals surface area contributed by atoms with Gasteiger partial charge in [-0.3, -0.25) is 9.69 Å². The van der Waals surface area contributed by atoms with E-state index in [4.69, 9.17) is 10.5 Å². The lowest BCUT2D eigenvalue weighted by Gasteiger charge is -2.35. The fourth-order valence-corrected chi connectivity index (χ4v) is 4.04. The van der Waals surface area contributed by atoms with Crippen LogP contribution in [0.15, 0.2) is 48.5 Å². The molecule has 1 fully saturated rings. The Labute approximate surface area is 169 Å². The Morgan fingerprint density at radius 3 is 2.48 bits per heavy atom. The van der Waals surface area contributed by atoms with Crippen molar-refractivity contribution in [2.24, 2.45) is 5.73 Å². The summed E-state index contributed by atoms with van der Waals surface area (Å²) >= 11 is 0. The number of hydrogen-bond acceptors (Lipinski definition) is 4. The topological polar surface area (TPSA) is 68.5 Å². The number of hydrogen-bond donors (Lipinski definition) is 1. The number of amides is 1. The van der Waals surface area contributed by atoms with Crippen molar-refractivity contribution < 1.29 is 13.9 Å². The summed E-state index contributed by atoms with van der Waals surface area (Å²) in [6.45, 7) is 6.69. The first-order valence-corrected chi connectivity index (χ1v) is 9.76. The fourth-order valence-electron chi connectivity index (χ4n) is 4.04. The molecule has 0 saturated carbocycles. The SMILES string of the molecule is CC1CN(Cc2ccc3c(-c4ccc(F)cc4)cc(C(N)=O)nc3c2)CC(C)O1. The Kier molecular flexibility index (Phi) is 5.30. The van der Waals surface area contributed by atoms with Crippen LogP contribution in [0.4, 0.5) is 4.39 Å². The first-order valence-electron chi connectivity index (χ1n) is 9.76. The molecule has 0 aliphatic carbocycles. The van der Waals surface area contributed by atoms with Gasteiger partial charge >= 0.3 is 0 Å². The molecule has 2 atom stereocenters. The van der Waals surface area contributed by atoms with E-state index in [1.807, 2.05) is 12.1 Å². The lowest BCUT2D eigenvalue weighted by Crippen LogP contribution is -2.44. The molecular formula is C23H24FN3O2. The maximum atomic E-state index is 13.4. The van der Waals surface area contributed by atoms with E-state index in [0.29, 0.717) is 5.52 Å². The number of carbonyl (C=O) groups excluding carboxylic acids is 1. The first kappa shape index (κ1) is 19.5. The minimum absolute atomic E-state index is 0.197. The van der Waals surface area contributed by atoms with Crippen LogP contribution in [0.2, 0.25) is 0 Å². The Hall–Kier alpha value is -2.83. The number of carbonyl (C=O) groups is 1. The molecule has 0 bridgehead atoms. The molecule has 1 amide bonds. The van der Waals surface area contributed by atoms with Crippen LogP contribution in [-0.2, 0) is 11.3 Å². The number of pyridine rings is 1. The van der Waals surface area contributed by atoms with Crippen molar-refractivity contribution in [2.75, 3.05) is 13.1 Å². The van der Waals surface area contributed by atoms with Gasteiger partial charge in [-0.15, -0.1) is 0 Å². The van der Waals surface area contributed by atoms with Gasteiger partial charge in [-0.2, -0.15) is 0 Å². The summed E-state index contributed by atoms with van der Waals surface area (Å²) in [4.78, 5) is 18.7. The first-order chi connectivity index (χ1) is 13.9. The third-order valence-corrected chi connectivity index (χ3v) is 5.18. The third-order valence-electron chi connectivity index (χ3n) is 5.18. The lowest BCUT2D eigenvalue weighted by atomic mass is 9.98. The molecule has 4 rings (SSSR count). The van der Waals surface area contributed by atoms with Crippen LogP contribution in [0.3, 0.4) is 0 Å². The standard InChI is InChI=1S/C23H24FN3O2/c1-14-11-27(12-15(2)29-14)13-16-3-8-19-20(17-4-6-18(24)7-5-17)10-22(23(25)28)26-21(19)9-16/h3-10,14-15H,11-13H2,1-2H3,(H2,25,28). The zero-order chi connectivity index (χ0) is 20.5. The predicted octanol–water partition coefficient (Wildman–Crippen LogP) is 3.75. The minimum Gasteiger partial charge on any atom is -0.373 e. The van der Waals surface area contributed by atoms with E-state index < -0.39 is 5.91 Å². The van der Waals surface area contributed by atoms with E-state index in [2.05, 4.69) is 29.8 Å². The summed E-state index contributed by atoms with van der Waals surface area (Å²) in [5.41, 5.74) is 9.14. The highest BCUT2D eigenvalue weighted by molar-refractivity contribution is 6.00. The van der Waals surface area contributed by atoms with Crippen molar-refractivity contribution in [3.8, 4) is 11.1 Å². The van der Waals surface area contributed by atoms with Gasteiger partial charge in [0, 0.05) is 25.0 Å². The van der Waals surface area contributed by atoms with Crippen molar-refractivity contribution in [1.29, 1.82) is 0 Å². The zero-order valence-corrected chi connectivity index (χ0v) is 16.6. The second-order valence-electron chi connectivity index (χ2n) is 7.73. The average molecular weight is 393 g/mol. The summed E-state index contributed by atoms with van der Waals surface area (Å²) in [5.74, 6) is -0.894. The molecule has 2 aromatic carbocycles. The summed E-state index contributed by atoms with van der Waals surface area (Å²) < 4.78 is 19.2. The predicted molar refractivity (Wildman–Crippen MR) is 111 cm³/mol. The number of ether oxygens (including phenoxy) is 1. The molecule has 0 spiro atoms. The summed E-state index contributed by atoms with van der Waals surface area (Å²) in [6.07, 6.45) is 0.396. The summed E-state index contributed by atoms with van der Waals surface area (Å²) in [7, 11) is 0. The van der Waals surface area contributed by atoms with Gasteiger partial charge in [-0.25, -0.2) is 9.37 Å². The Morgan fingerprint density at radius 1 is 1.14 bits per heavy atom. The normalized spacial score (nSPS) is 20.1. The van der Waals surface area contributed by atoms with Gasteiger partial charge in [0.25, 0.3) is 5.91 Å². The van der Waals surface area contributed by atoms with Crippen LogP contribution >= 0.6 is 0 Å². The number of nitrogens with zero attached hydrogens (tertiary/aromatic N) is 2. The number of aromatic nitrogens is 1. The number of primary amides is 1. The molecular weight excluding hydrogens is 369 g/mol. The van der Waals surface area contributed by atoms with Gasteiger partial charge in [0.15, 0.2) is 0 Å². The molecule has 2 heterocycles. The highest BCUT2D eigenvalue weighted by atomic mass is 19.1. The summed E-state index contributed by atoms with van der Waals surface area (Å²) in [5, 5.41) is 0.897. The minimum atomic E-state index is -0.587. The van der Waals surface area contributed by atoms with E-state index in [1.54, 1.807) is 18.2 Å². The number of benzene rings is 2. The van der Waals surface area contributed by atoms with E-state index >= 15 is 0 Å². The zero-order valence-electron chi connectivity index (χ0n) is 16.6. The van der Waals surface area contributed by atoms with Crippen molar-refractivity contribution in [3.63, 3.8) is 0 Å². The molecule has 6 heteroatoms. The summed E-state index contributed by atoms with van der Waals surface area (Å²) in [6, 6.07) is 13.9. The van der Waals surface area contributed by atoms with Gasteiger partial charge in [-0.05, 0) is 54.8 Å². The van der Waals surface area contributed by atoms with E-state index in [9.17, 15) is 9.18 Å². The van der Waals surface area contributed by atoms with Crippen LogP contribution in [0, 0.1) is 5.82 Å². The maximum Gasteiger partial charge on any atom is 0.267 e. The molecule has 2 unspecified atom stereocenters. The van der Waals surface area contributed by atoms with Crippen LogP contribution < -0.4 is 5.73 Å². The molecule has 29 heavy (non-hydrogen) atoms. The average Bonchev–Trinajstić information content (AvgIpc) is 2.66. The van der Waals surface area contributed by atoms with Gasteiger partial charge < -0.3 is 10.5 Å². The Bertz CT molecular complexity index is 1040. The molecule has 150 valence electrons. The van der Waals surface area contributed by atoms with Gasteiger partial charge in [0.05, 0.1) is 17.7 Å². The monoisotopic (exact) mass is 393 g/mol. The lowest BCUT2D eigenvalue weighted by molar-refractivity contribution is -0.0704. The van der Waals surface area contributed by atoms with E-state index in [0.717, 1.165) is 41.7 Å². The van der Waals surface area contributed by atoms with E-state index in [1.165, 1.54) is 12.1 Å². The van der Waals surface area contributed by atoms with Gasteiger partial charge in [0.1, 0.15) is 11.5 Å². The highest BCUT2D eigenvalue weighted by Crippen LogP contribution is 2.30. The smallest absolute Gasteiger partial charge is 0.267 e.